The van der Waals surface area contributed by atoms with E-state index in [2.05, 4.69) is 12.2 Å². The fourth-order valence-corrected chi connectivity index (χ4v) is 2.80. The van der Waals surface area contributed by atoms with Crippen LogP contribution in [-0.4, -0.2) is 30.9 Å². The van der Waals surface area contributed by atoms with Gasteiger partial charge in [-0.15, -0.1) is 0 Å². The van der Waals surface area contributed by atoms with E-state index in [4.69, 9.17) is 27.9 Å². The van der Waals surface area contributed by atoms with E-state index in [1.807, 2.05) is 0 Å². The van der Waals surface area contributed by atoms with E-state index in [-0.39, 0.29) is 6.61 Å². The molecule has 1 saturated carbocycles. The van der Waals surface area contributed by atoms with Crippen molar-refractivity contribution in [2.75, 3.05) is 19.7 Å². The number of nitrogens with one attached hydrogen (secondary N) is 1. The Labute approximate surface area is 130 Å². The van der Waals surface area contributed by atoms with Crippen LogP contribution in [0.1, 0.15) is 26.2 Å². The number of ether oxygens (including phenoxy) is 1. The normalized spacial score (nSPS) is 18.4. The summed E-state index contributed by atoms with van der Waals surface area (Å²) in [4.78, 5) is 0. The third-order valence-corrected chi connectivity index (χ3v) is 4.35. The second kappa shape index (κ2) is 6.99. The SMILES string of the molecule is CC1(CNCC(O)COc2ccc(Cl)cc2Cl)CCC1. The molecule has 1 aliphatic rings. The lowest BCUT2D eigenvalue weighted by Gasteiger charge is -2.38. The van der Waals surface area contributed by atoms with Crippen molar-refractivity contribution in [1.82, 2.24) is 5.32 Å². The maximum Gasteiger partial charge on any atom is 0.138 e. The lowest BCUT2D eigenvalue weighted by atomic mass is 9.70. The van der Waals surface area contributed by atoms with Gasteiger partial charge in [0.2, 0.25) is 0 Å². The number of rotatable bonds is 7. The van der Waals surface area contributed by atoms with Crippen molar-refractivity contribution in [3.8, 4) is 5.75 Å². The third kappa shape index (κ3) is 4.52. The highest BCUT2D eigenvalue weighted by atomic mass is 35.5. The zero-order valence-electron chi connectivity index (χ0n) is 11.7. The van der Waals surface area contributed by atoms with Gasteiger partial charge in [-0.05, 0) is 36.5 Å². The maximum atomic E-state index is 9.89. The second-order valence-corrected chi connectivity index (χ2v) is 6.68. The number of hydrogen-bond donors (Lipinski definition) is 2. The first-order chi connectivity index (χ1) is 9.48. The molecule has 2 N–H and O–H groups in total. The molecule has 0 aromatic heterocycles. The van der Waals surface area contributed by atoms with Gasteiger partial charge in [-0.3, -0.25) is 0 Å². The summed E-state index contributed by atoms with van der Waals surface area (Å²) in [5.74, 6) is 0.543. The van der Waals surface area contributed by atoms with Crippen molar-refractivity contribution >= 4 is 23.2 Å². The molecule has 0 heterocycles. The van der Waals surface area contributed by atoms with Crippen LogP contribution in [0.3, 0.4) is 0 Å². The molecule has 2 rings (SSSR count). The van der Waals surface area contributed by atoms with Crippen LogP contribution in [0.2, 0.25) is 10.0 Å². The Morgan fingerprint density at radius 3 is 2.75 bits per heavy atom. The van der Waals surface area contributed by atoms with Crippen LogP contribution >= 0.6 is 23.2 Å². The molecule has 1 unspecified atom stereocenters. The summed E-state index contributed by atoms with van der Waals surface area (Å²) in [6.07, 6.45) is 3.31. The van der Waals surface area contributed by atoms with E-state index < -0.39 is 6.10 Å². The minimum atomic E-state index is -0.551. The fourth-order valence-electron chi connectivity index (χ4n) is 2.33. The highest BCUT2D eigenvalue weighted by molar-refractivity contribution is 6.35. The molecule has 0 radical (unpaired) electrons. The number of aliphatic hydroxyl groups is 1. The molecule has 1 aromatic carbocycles. The van der Waals surface area contributed by atoms with Gasteiger partial charge in [0.1, 0.15) is 18.5 Å². The average molecular weight is 318 g/mol. The van der Waals surface area contributed by atoms with E-state index in [1.165, 1.54) is 19.3 Å². The number of hydrogen-bond acceptors (Lipinski definition) is 3. The molecule has 5 heteroatoms. The van der Waals surface area contributed by atoms with Crippen molar-refractivity contribution in [2.45, 2.75) is 32.3 Å². The van der Waals surface area contributed by atoms with Gasteiger partial charge in [-0.2, -0.15) is 0 Å². The Balaban J connectivity index is 1.67. The van der Waals surface area contributed by atoms with Crippen LogP contribution in [0.25, 0.3) is 0 Å². The maximum absolute atomic E-state index is 9.89. The van der Waals surface area contributed by atoms with Gasteiger partial charge in [0.15, 0.2) is 0 Å². The molecule has 0 amide bonds. The molecular weight excluding hydrogens is 297 g/mol. The van der Waals surface area contributed by atoms with Crippen LogP contribution in [0.5, 0.6) is 5.75 Å². The Kier molecular flexibility index (Phi) is 5.56. The molecule has 1 atom stereocenters. The van der Waals surface area contributed by atoms with Crippen LogP contribution in [0.4, 0.5) is 0 Å². The van der Waals surface area contributed by atoms with Crippen molar-refractivity contribution in [3.63, 3.8) is 0 Å². The summed E-state index contributed by atoms with van der Waals surface area (Å²) in [5, 5.41) is 14.2. The fraction of sp³-hybridized carbons (Fsp3) is 0.600. The van der Waals surface area contributed by atoms with Gasteiger partial charge in [0.05, 0.1) is 5.02 Å². The third-order valence-electron chi connectivity index (χ3n) is 3.82. The van der Waals surface area contributed by atoms with Crippen molar-refractivity contribution < 1.29 is 9.84 Å². The first-order valence-electron chi connectivity index (χ1n) is 6.95. The number of halogens is 2. The van der Waals surface area contributed by atoms with Crippen LogP contribution in [0, 0.1) is 5.41 Å². The highest BCUT2D eigenvalue weighted by Crippen LogP contribution is 2.39. The Bertz CT molecular complexity index is 449. The minimum Gasteiger partial charge on any atom is -0.489 e. The summed E-state index contributed by atoms with van der Waals surface area (Å²) < 4.78 is 5.50. The molecule has 3 nitrogen and oxygen atoms in total. The molecular formula is C15H21Cl2NO2. The number of aliphatic hydroxyl groups excluding tert-OH is 1. The van der Waals surface area contributed by atoms with E-state index in [9.17, 15) is 5.11 Å². The average Bonchev–Trinajstić information content (AvgIpc) is 2.35. The van der Waals surface area contributed by atoms with Crippen molar-refractivity contribution in [2.24, 2.45) is 5.41 Å². The van der Waals surface area contributed by atoms with Gasteiger partial charge in [-0.1, -0.05) is 36.5 Å². The summed E-state index contributed by atoms with van der Waals surface area (Å²) >= 11 is 11.8. The lowest BCUT2D eigenvalue weighted by Crippen LogP contribution is -2.41. The van der Waals surface area contributed by atoms with Gasteiger partial charge >= 0.3 is 0 Å². The van der Waals surface area contributed by atoms with Crippen molar-refractivity contribution in [3.05, 3.63) is 28.2 Å². The second-order valence-electron chi connectivity index (χ2n) is 5.83. The van der Waals surface area contributed by atoms with E-state index >= 15 is 0 Å². The molecule has 0 bridgehead atoms. The highest BCUT2D eigenvalue weighted by Gasteiger charge is 2.31. The van der Waals surface area contributed by atoms with Gasteiger partial charge < -0.3 is 15.2 Å². The molecule has 112 valence electrons. The molecule has 1 fully saturated rings. The molecule has 0 aliphatic heterocycles. The Morgan fingerprint density at radius 1 is 1.40 bits per heavy atom. The predicted octanol–water partition coefficient (Wildman–Crippen LogP) is 3.51. The Morgan fingerprint density at radius 2 is 2.15 bits per heavy atom. The summed E-state index contributed by atoms with van der Waals surface area (Å²) in [5.41, 5.74) is 0.417. The molecule has 1 aromatic rings. The lowest BCUT2D eigenvalue weighted by molar-refractivity contribution is 0.0947. The van der Waals surface area contributed by atoms with E-state index in [1.54, 1.807) is 18.2 Å². The number of benzene rings is 1. The van der Waals surface area contributed by atoms with Gasteiger partial charge in [0.25, 0.3) is 0 Å². The standard InChI is InChI=1S/C15H21Cl2NO2/c1-15(5-2-6-15)10-18-8-12(19)9-20-14-4-3-11(16)7-13(14)17/h3-4,7,12,18-19H,2,5-6,8-10H2,1H3. The van der Waals surface area contributed by atoms with Crippen molar-refractivity contribution in [1.29, 1.82) is 0 Å². The molecule has 20 heavy (non-hydrogen) atoms. The quantitative estimate of drug-likeness (QED) is 0.808. The van der Waals surface area contributed by atoms with Crippen LogP contribution < -0.4 is 10.1 Å². The van der Waals surface area contributed by atoms with Gasteiger partial charge in [0, 0.05) is 18.1 Å². The summed E-state index contributed by atoms with van der Waals surface area (Å²) in [6, 6.07) is 5.05. The van der Waals surface area contributed by atoms with E-state index in [0.717, 1.165) is 6.54 Å². The monoisotopic (exact) mass is 317 g/mol. The zero-order valence-corrected chi connectivity index (χ0v) is 13.2. The topological polar surface area (TPSA) is 41.5 Å². The smallest absolute Gasteiger partial charge is 0.138 e. The van der Waals surface area contributed by atoms with E-state index in [0.29, 0.717) is 27.8 Å². The summed E-state index contributed by atoms with van der Waals surface area (Å²) in [6.45, 7) is 3.97. The molecule has 1 aliphatic carbocycles. The predicted molar refractivity (Wildman–Crippen MR) is 82.8 cm³/mol. The first kappa shape index (κ1) is 15.9. The molecule has 0 spiro atoms. The molecule has 0 saturated heterocycles. The van der Waals surface area contributed by atoms with Crippen LogP contribution in [-0.2, 0) is 0 Å². The largest absolute Gasteiger partial charge is 0.489 e. The van der Waals surface area contributed by atoms with Crippen LogP contribution in [0.15, 0.2) is 18.2 Å². The minimum absolute atomic E-state index is 0.213. The zero-order chi connectivity index (χ0) is 14.6. The first-order valence-corrected chi connectivity index (χ1v) is 7.71. The summed E-state index contributed by atoms with van der Waals surface area (Å²) in [7, 11) is 0. The van der Waals surface area contributed by atoms with Gasteiger partial charge in [-0.25, -0.2) is 0 Å². The Hall–Kier alpha value is -0.480.